The molecule has 0 saturated carbocycles. The molecule has 1 heterocycles. The molecule has 0 N–H and O–H groups in total. The molecule has 3 rings (SSSR count). The Morgan fingerprint density at radius 1 is 1.15 bits per heavy atom. The SMILES string of the molecule is COC(=O)c1cc(CN2CCCC2)c2cccccc1-2. The molecule has 3 heteroatoms. The third-order valence-corrected chi connectivity index (χ3v) is 3.99. The lowest BCUT2D eigenvalue weighted by Crippen LogP contribution is -2.18. The Kier molecular flexibility index (Phi) is 3.70. The van der Waals surface area contributed by atoms with Gasteiger partial charge in [0, 0.05) is 6.54 Å². The third kappa shape index (κ3) is 2.41. The van der Waals surface area contributed by atoms with E-state index in [0.29, 0.717) is 5.56 Å². The molecule has 1 saturated heterocycles. The summed E-state index contributed by atoms with van der Waals surface area (Å²) in [5, 5.41) is 0. The standard InChI is InChI=1S/C17H19NO2/c1-20-17(19)16-11-13(12-18-9-5-6-10-18)14-7-3-2-4-8-15(14)16/h2-4,7-8,11H,5-6,9-10,12H2,1H3. The highest BCUT2D eigenvalue weighted by Crippen LogP contribution is 2.33. The van der Waals surface area contributed by atoms with Gasteiger partial charge in [0.05, 0.1) is 12.7 Å². The van der Waals surface area contributed by atoms with Gasteiger partial charge in [0.25, 0.3) is 0 Å². The first-order valence-corrected chi connectivity index (χ1v) is 7.11. The maximum Gasteiger partial charge on any atom is 0.338 e. The predicted octanol–water partition coefficient (Wildman–Crippen LogP) is 3.17. The Hall–Kier alpha value is -1.87. The lowest BCUT2D eigenvalue weighted by molar-refractivity contribution is 0.0602. The average Bonchev–Trinajstić information content (AvgIpc) is 3.01. The molecular formula is C17H19NO2. The summed E-state index contributed by atoms with van der Waals surface area (Å²) in [5.41, 5.74) is 4.03. The van der Waals surface area contributed by atoms with Crippen LogP contribution in [0.25, 0.3) is 11.1 Å². The number of methoxy groups -OCH3 is 1. The van der Waals surface area contributed by atoms with Gasteiger partial charge in [-0.3, -0.25) is 4.90 Å². The van der Waals surface area contributed by atoms with Crippen LogP contribution in [0.5, 0.6) is 0 Å². The van der Waals surface area contributed by atoms with E-state index < -0.39 is 0 Å². The number of rotatable bonds is 3. The molecule has 0 unspecified atom stereocenters. The monoisotopic (exact) mass is 269 g/mol. The molecule has 0 aromatic heterocycles. The molecular weight excluding hydrogens is 250 g/mol. The number of nitrogens with zero attached hydrogens (tertiary/aromatic N) is 1. The fraction of sp³-hybridized carbons (Fsp3) is 0.353. The molecule has 0 bridgehead atoms. The molecule has 0 aromatic rings. The normalized spacial score (nSPS) is 15.7. The number of carbonyl (C=O) groups excluding carboxylic acids is 1. The van der Waals surface area contributed by atoms with Crippen LogP contribution in [0.15, 0.2) is 36.4 Å². The van der Waals surface area contributed by atoms with Crippen molar-refractivity contribution in [2.45, 2.75) is 19.4 Å². The first kappa shape index (κ1) is 13.1. The second-order valence-corrected chi connectivity index (χ2v) is 5.30. The van der Waals surface area contributed by atoms with Crippen LogP contribution in [0.3, 0.4) is 0 Å². The summed E-state index contributed by atoms with van der Waals surface area (Å²) in [5.74, 6) is -0.256. The van der Waals surface area contributed by atoms with Crippen LogP contribution >= 0.6 is 0 Å². The van der Waals surface area contributed by atoms with Gasteiger partial charge in [0.1, 0.15) is 0 Å². The van der Waals surface area contributed by atoms with Gasteiger partial charge in [0.2, 0.25) is 0 Å². The van der Waals surface area contributed by atoms with Crippen molar-refractivity contribution in [2.75, 3.05) is 20.2 Å². The van der Waals surface area contributed by atoms with E-state index in [4.69, 9.17) is 4.74 Å². The molecule has 2 aliphatic carbocycles. The zero-order chi connectivity index (χ0) is 13.9. The highest BCUT2D eigenvalue weighted by Gasteiger charge is 2.22. The van der Waals surface area contributed by atoms with Crippen molar-refractivity contribution in [2.24, 2.45) is 0 Å². The number of hydrogen-bond donors (Lipinski definition) is 0. The molecule has 0 amide bonds. The highest BCUT2D eigenvalue weighted by molar-refractivity contribution is 6.00. The van der Waals surface area contributed by atoms with Crippen LogP contribution in [0.1, 0.15) is 28.8 Å². The van der Waals surface area contributed by atoms with E-state index in [1.807, 2.05) is 30.3 Å². The fourth-order valence-electron chi connectivity index (χ4n) is 2.98. The van der Waals surface area contributed by atoms with Gasteiger partial charge < -0.3 is 4.74 Å². The van der Waals surface area contributed by atoms with Gasteiger partial charge in [-0.25, -0.2) is 4.79 Å². The predicted molar refractivity (Wildman–Crippen MR) is 78.9 cm³/mol. The number of esters is 1. The zero-order valence-electron chi connectivity index (χ0n) is 11.8. The van der Waals surface area contributed by atoms with Crippen molar-refractivity contribution >= 4 is 5.97 Å². The van der Waals surface area contributed by atoms with Gasteiger partial charge in [-0.05, 0) is 48.7 Å². The Balaban J connectivity index is 2.01. The Bertz CT molecular complexity index is 588. The van der Waals surface area contributed by atoms with Crippen molar-refractivity contribution < 1.29 is 9.53 Å². The number of fused-ring (bicyclic) bond motifs is 1. The summed E-state index contributed by atoms with van der Waals surface area (Å²) in [7, 11) is 1.43. The maximum atomic E-state index is 11.9. The van der Waals surface area contributed by atoms with Crippen molar-refractivity contribution in [1.29, 1.82) is 0 Å². The lowest BCUT2D eigenvalue weighted by Gasteiger charge is -2.14. The fourth-order valence-corrected chi connectivity index (χ4v) is 2.98. The number of carbonyl (C=O) groups is 1. The number of likely N-dealkylation sites (tertiary alicyclic amines) is 1. The first-order chi connectivity index (χ1) is 9.79. The molecule has 0 radical (unpaired) electrons. The van der Waals surface area contributed by atoms with Gasteiger partial charge in [0.15, 0.2) is 0 Å². The van der Waals surface area contributed by atoms with Gasteiger partial charge in [-0.15, -0.1) is 0 Å². The van der Waals surface area contributed by atoms with Crippen molar-refractivity contribution in [3.63, 3.8) is 0 Å². The van der Waals surface area contributed by atoms with Crippen LogP contribution in [0, 0.1) is 0 Å². The van der Waals surface area contributed by atoms with Crippen molar-refractivity contribution in [1.82, 2.24) is 4.90 Å². The quantitative estimate of drug-likeness (QED) is 0.802. The maximum absolute atomic E-state index is 11.9. The number of hydrogen-bond acceptors (Lipinski definition) is 3. The first-order valence-electron chi connectivity index (χ1n) is 7.11. The van der Waals surface area contributed by atoms with Crippen molar-refractivity contribution in [3.8, 4) is 11.1 Å². The molecule has 0 spiro atoms. The van der Waals surface area contributed by atoms with E-state index in [-0.39, 0.29) is 5.97 Å². The van der Waals surface area contributed by atoms with Crippen LogP contribution < -0.4 is 0 Å². The minimum Gasteiger partial charge on any atom is -0.465 e. The second kappa shape index (κ2) is 5.63. The van der Waals surface area contributed by atoms with E-state index in [2.05, 4.69) is 11.0 Å². The summed E-state index contributed by atoms with van der Waals surface area (Å²) in [6, 6.07) is 12.1. The topological polar surface area (TPSA) is 29.5 Å². The van der Waals surface area contributed by atoms with E-state index in [0.717, 1.165) is 30.8 Å². The zero-order valence-corrected chi connectivity index (χ0v) is 11.8. The Morgan fingerprint density at radius 3 is 2.55 bits per heavy atom. The second-order valence-electron chi connectivity index (χ2n) is 5.30. The summed E-state index contributed by atoms with van der Waals surface area (Å²) in [4.78, 5) is 14.4. The van der Waals surface area contributed by atoms with Crippen LogP contribution in [-0.2, 0) is 11.3 Å². The Labute approximate surface area is 119 Å². The van der Waals surface area contributed by atoms with E-state index >= 15 is 0 Å². The number of ether oxygens (including phenoxy) is 1. The van der Waals surface area contributed by atoms with E-state index in [1.165, 1.54) is 25.5 Å². The largest absolute Gasteiger partial charge is 0.465 e. The highest BCUT2D eigenvalue weighted by atomic mass is 16.5. The van der Waals surface area contributed by atoms with Crippen LogP contribution in [-0.4, -0.2) is 31.1 Å². The summed E-state index contributed by atoms with van der Waals surface area (Å²) >= 11 is 0. The van der Waals surface area contributed by atoms with Crippen molar-refractivity contribution in [3.05, 3.63) is 47.5 Å². The minimum absolute atomic E-state index is 0.256. The van der Waals surface area contributed by atoms with Gasteiger partial charge in [-0.2, -0.15) is 0 Å². The molecule has 3 aliphatic rings. The van der Waals surface area contributed by atoms with E-state index in [1.54, 1.807) is 0 Å². The average molecular weight is 269 g/mol. The summed E-state index contributed by atoms with van der Waals surface area (Å²) in [6.07, 6.45) is 2.55. The van der Waals surface area contributed by atoms with E-state index in [9.17, 15) is 4.79 Å². The molecule has 0 aromatic carbocycles. The molecule has 3 nitrogen and oxygen atoms in total. The molecule has 0 atom stereocenters. The van der Waals surface area contributed by atoms with Crippen LogP contribution in [0.4, 0.5) is 0 Å². The van der Waals surface area contributed by atoms with Crippen LogP contribution in [0.2, 0.25) is 0 Å². The summed E-state index contributed by atoms with van der Waals surface area (Å²) in [6.45, 7) is 3.22. The van der Waals surface area contributed by atoms with Gasteiger partial charge in [-0.1, -0.05) is 30.3 Å². The Morgan fingerprint density at radius 2 is 1.85 bits per heavy atom. The molecule has 1 fully saturated rings. The molecule has 104 valence electrons. The van der Waals surface area contributed by atoms with Gasteiger partial charge >= 0.3 is 5.97 Å². The smallest absolute Gasteiger partial charge is 0.338 e. The third-order valence-electron chi connectivity index (χ3n) is 3.99. The lowest BCUT2D eigenvalue weighted by atomic mass is 10.1. The summed E-state index contributed by atoms with van der Waals surface area (Å²) < 4.78 is 4.91. The minimum atomic E-state index is -0.256. The molecule has 1 aliphatic heterocycles. The molecule has 20 heavy (non-hydrogen) atoms.